The Morgan fingerprint density at radius 2 is 1.97 bits per heavy atom. The molecule has 3 heterocycles. The first kappa shape index (κ1) is 23.3. The predicted octanol–water partition coefficient (Wildman–Crippen LogP) is 5.57. The molecule has 1 aliphatic heterocycles. The van der Waals surface area contributed by atoms with Crippen LogP contribution in [-0.2, 0) is 10.7 Å². The molecule has 5 rings (SSSR count). The van der Waals surface area contributed by atoms with Crippen LogP contribution in [0.25, 0.3) is 11.0 Å². The number of nitrogens with zero attached hydrogens (tertiary/aromatic N) is 3. The lowest BCUT2D eigenvalue weighted by Gasteiger charge is -2.22. The highest BCUT2D eigenvalue weighted by molar-refractivity contribution is 7.77. The number of anilines is 3. The Kier molecular flexibility index (Phi) is 5.75. The van der Waals surface area contributed by atoms with Crippen LogP contribution in [0.5, 0.6) is 5.75 Å². The third-order valence-corrected chi connectivity index (χ3v) is 8.14. The summed E-state index contributed by atoms with van der Waals surface area (Å²) in [6.45, 7) is 2.14. The van der Waals surface area contributed by atoms with Crippen LogP contribution in [0.2, 0.25) is 0 Å². The largest absolute Gasteiger partial charge is 0.495 e. The minimum Gasteiger partial charge on any atom is -0.495 e. The van der Waals surface area contributed by atoms with Crippen molar-refractivity contribution in [2.24, 2.45) is 0 Å². The van der Waals surface area contributed by atoms with Crippen molar-refractivity contribution in [1.82, 2.24) is 19.9 Å². The topological polar surface area (TPSA) is 95.2 Å². The number of hydrogen-bond donors (Lipinski definition) is 3. The molecule has 8 nitrogen and oxygen atoms in total. The minimum atomic E-state index is -4.55. The van der Waals surface area contributed by atoms with E-state index in [0.717, 1.165) is 19.0 Å². The maximum atomic E-state index is 13.5. The Balaban J connectivity index is 1.46. The second kappa shape index (κ2) is 8.64. The number of benzene rings is 1. The van der Waals surface area contributed by atoms with Crippen LogP contribution in [-0.4, -0.2) is 39.5 Å². The number of hydrogen-bond acceptors (Lipinski definition) is 7. The van der Waals surface area contributed by atoms with E-state index in [1.165, 1.54) is 7.11 Å². The summed E-state index contributed by atoms with van der Waals surface area (Å²) in [7, 11) is -1.40. The molecule has 0 spiro atoms. The second-order valence-electron chi connectivity index (χ2n) is 8.34. The SMILES string of the molecule is CCNc1nc(Nc2ccc(P3(=O)C=CN(C4CC4)C=C3)cc2OC)nc2[nH]cc(C(F)(F)F)c12. The van der Waals surface area contributed by atoms with Crippen molar-refractivity contribution >= 4 is 40.9 Å². The summed E-state index contributed by atoms with van der Waals surface area (Å²) in [5.74, 6) is 4.01. The fraction of sp³-hybridized carbons (Fsp3) is 0.304. The number of H-pyrrole nitrogens is 1. The molecule has 1 aromatic carbocycles. The number of nitrogens with one attached hydrogen (secondary N) is 3. The highest BCUT2D eigenvalue weighted by Crippen LogP contribution is 2.51. The van der Waals surface area contributed by atoms with E-state index in [-0.39, 0.29) is 22.8 Å². The fourth-order valence-corrected chi connectivity index (χ4v) is 5.74. The van der Waals surface area contributed by atoms with Crippen LogP contribution in [0, 0.1) is 0 Å². The maximum Gasteiger partial charge on any atom is 0.418 e. The lowest BCUT2D eigenvalue weighted by molar-refractivity contribution is -0.136. The Hall–Kier alpha value is -3.46. The van der Waals surface area contributed by atoms with Crippen LogP contribution in [0.3, 0.4) is 0 Å². The Labute approximate surface area is 199 Å². The van der Waals surface area contributed by atoms with Crippen molar-refractivity contribution in [3.63, 3.8) is 0 Å². The second-order valence-corrected chi connectivity index (χ2v) is 10.9. The van der Waals surface area contributed by atoms with Gasteiger partial charge < -0.3 is 29.8 Å². The number of fused-ring (bicyclic) bond motifs is 1. The van der Waals surface area contributed by atoms with Gasteiger partial charge in [0.2, 0.25) is 5.95 Å². The van der Waals surface area contributed by atoms with Crippen LogP contribution in [0.4, 0.5) is 30.6 Å². The van der Waals surface area contributed by atoms with Gasteiger partial charge in [-0.05, 0) is 49.6 Å². The summed E-state index contributed by atoms with van der Waals surface area (Å²) < 4.78 is 59.3. The van der Waals surface area contributed by atoms with Crippen LogP contribution in [0.1, 0.15) is 25.3 Å². The lowest BCUT2D eigenvalue weighted by Crippen LogP contribution is -2.15. The molecule has 0 saturated heterocycles. The fourth-order valence-electron chi connectivity index (χ4n) is 3.97. The number of rotatable bonds is 7. The standard InChI is InChI=1S/C23H24F3N6O2P/c1-3-27-20-19-16(23(24,25)26)13-28-21(19)31-22(30-20)29-17-7-6-15(12-18(17)34-2)35(33)10-8-32(9-11-35)14-4-5-14/h6-14H,3-5H2,1-2H3,(H3,27,28,29,30,31). The summed E-state index contributed by atoms with van der Waals surface area (Å²) >= 11 is 0. The van der Waals surface area contributed by atoms with Gasteiger partial charge in [-0.15, -0.1) is 0 Å². The zero-order valence-electron chi connectivity index (χ0n) is 19.1. The summed E-state index contributed by atoms with van der Waals surface area (Å²) in [5.41, 5.74) is -0.309. The van der Waals surface area contributed by atoms with Crippen LogP contribution in [0.15, 0.2) is 48.4 Å². The van der Waals surface area contributed by atoms with Gasteiger partial charge in [-0.25, -0.2) is 0 Å². The van der Waals surface area contributed by atoms with Gasteiger partial charge in [0.05, 0.1) is 23.7 Å². The van der Waals surface area contributed by atoms with Crippen LogP contribution >= 0.6 is 7.14 Å². The molecule has 2 aromatic heterocycles. The highest BCUT2D eigenvalue weighted by atomic mass is 31.2. The molecule has 0 unspecified atom stereocenters. The van der Waals surface area contributed by atoms with Gasteiger partial charge in [0, 0.05) is 36.5 Å². The molecular weight excluding hydrogens is 480 g/mol. The number of alkyl halides is 3. The monoisotopic (exact) mass is 504 g/mol. The van der Waals surface area contributed by atoms with Crippen molar-refractivity contribution in [3.8, 4) is 5.75 Å². The molecule has 0 bridgehead atoms. The molecule has 0 atom stereocenters. The van der Waals surface area contributed by atoms with E-state index >= 15 is 0 Å². The molecule has 35 heavy (non-hydrogen) atoms. The van der Waals surface area contributed by atoms with Crippen molar-refractivity contribution in [2.45, 2.75) is 32.0 Å². The van der Waals surface area contributed by atoms with Crippen molar-refractivity contribution < 1.29 is 22.5 Å². The number of ether oxygens (including phenoxy) is 1. The molecule has 1 aliphatic carbocycles. The molecule has 1 saturated carbocycles. The minimum absolute atomic E-state index is 0.0449. The van der Waals surface area contributed by atoms with Crippen molar-refractivity contribution in [1.29, 1.82) is 0 Å². The first-order valence-electron chi connectivity index (χ1n) is 11.1. The first-order chi connectivity index (χ1) is 16.7. The predicted molar refractivity (Wildman–Crippen MR) is 130 cm³/mol. The van der Waals surface area contributed by atoms with E-state index in [0.29, 0.717) is 29.3 Å². The van der Waals surface area contributed by atoms with Crippen molar-refractivity contribution in [3.05, 3.63) is 54.0 Å². The summed E-state index contributed by atoms with van der Waals surface area (Å²) in [4.78, 5) is 13.2. The molecule has 3 N–H and O–H groups in total. The smallest absolute Gasteiger partial charge is 0.418 e. The summed E-state index contributed by atoms with van der Waals surface area (Å²) in [6.07, 6.45) is 2.34. The molecule has 0 amide bonds. The number of methoxy groups -OCH3 is 1. The summed E-state index contributed by atoms with van der Waals surface area (Å²) in [6, 6.07) is 5.60. The number of aromatic amines is 1. The lowest BCUT2D eigenvalue weighted by atomic mass is 10.2. The van der Waals surface area contributed by atoms with E-state index in [1.807, 2.05) is 12.4 Å². The number of halogens is 3. The quantitative estimate of drug-likeness (QED) is 0.362. The van der Waals surface area contributed by atoms with Gasteiger partial charge in [-0.1, -0.05) is 0 Å². The Morgan fingerprint density at radius 3 is 2.60 bits per heavy atom. The van der Waals surface area contributed by atoms with E-state index < -0.39 is 18.9 Å². The van der Waals surface area contributed by atoms with Gasteiger partial charge in [-0.2, -0.15) is 23.1 Å². The zero-order valence-corrected chi connectivity index (χ0v) is 20.0. The third kappa shape index (κ3) is 4.48. The first-order valence-corrected chi connectivity index (χ1v) is 13.0. The van der Waals surface area contributed by atoms with E-state index in [9.17, 15) is 17.7 Å². The third-order valence-electron chi connectivity index (χ3n) is 5.91. The van der Waals surface area contributed by atoms with Gasteiger partial charge >= 0.3 is 6.18 Å². The average Bonchev–Trinajstić information content (AvgIpc) is 3.57. The van der Waals surface area contributed by atoms with E-state index in [1.54, 1.807) is 36.8 Å². The zero-order chi connectivity index (χ0) is 24.8. The normalized spacial score (nSPS) is 17.1. The molecule has 1 fully saturated rings. The van der Waals surface area contributed by atoms with Crippen LogP contribution < -0.4 is 20.7 Å². The molecule has 0 radical (unpaired) electrons. The van der Waals surface area contributed by atoms with E-state index in [4.69, 9.17) is 4.74 Å². The van der Waals surface area contributed by atoms with E-state index in [2.05, 4.69) is 30.5 Å². The Morgan fingerprint density at radius 1 is 1.23 bits per heavy atom. The van der Waals surface area contributed by atoms with Gasteiger partial charge in [0.25, 0.3) is 0 Å². The highest BCUT2D eigenvalue weighted by Gasteiger charge is 2.35. The Bertz CT molecular complexity index is 1360. The maximum absolute atomic E-state index is 13.5. The van der Waals surface area contributed by atoms with Crippen molar-refractivity contribution in [2.75, 3.05) is 24.3 Å². The molecule has 184 valence electrons. The molecular formula is C23H24F3N6O2P. The average molecular weight is 504 g/mol. The van der Waals surface area contributed by atoms with Gasteiger partial charge in [-0.3, -0.25) is 0 Å². The van der Waals surface area contributed by atoms with Gasteiger partial charge in [0.15, 0.2) is 7.14 Å². The van der Waals surface area contributed by atoms with Gasteiger partial charge in [0.1, 0.15) is 17.2 Å². The summed E-state index contributed by atoms with van der Waals surface area (Å²) in [5, 5.41) is 6.37. The molecule has 12 heteroatoms. The number of aromatic nitrogens is 3. The molecule has 3 aromatic rings. The molecule has 2 aliphatic rings.